The van der Waals surface area contributed by atoms with Crippen LogP contribution < -0.4 is 4.90 Å². The van der Waals surface area contributed by atoms with Crippen molar-refractivity contribution < 1.29 is 4.79 Å². The Morgan fingerprint density at radius 1 is 0.935 bits per heavy atom. The van der Waals surface area contributed by atoms with Crippen LogP contribution in [0.2, 0.25) is 0 Å². The Balaban J connectivity index is 1.50. The van der Waals surface area contributed by atoms with E-state index in [1.165, 1.54) is 0 Å². The van der Waals surface area contributed by atoms with Crippen molar-refractivity contribution in [2.45, 2.75) is 13.3 Å². The van der Waals surface area contributed by atoms with Crippen molar-refractivity contribution in [3.8, 4) is 11.3 Å². The number of benzene rings is 2. The van der Waals surface area contributed by atoms with Gasteiger partial charge in [-0.25, -0.2) is 4.98 Å². The van der Waals surface area contributed by atoms with Crippen LogP contribution in [0.4, 0.5) is 5.82 Å². The van der Waals surface area contributed by atoms with Crippen LogP contribution in [0, 0.1) is 6.92 Å². The number of aromatic nitrogens is 2. The summed E-state index contributed by atoms with van der Waals surface area (Å²) in [6.45, 7) is 5.18. The van der Waals surface area contributed by atoms with Gasteiger partial charge in [-0.3, -0.25) is 4.79 Å². The van der Waals surface area contributed by atoms with E-state index in [2.05, 4.69) is 52.1 Å². The molecular weight excluding hydrogens is 384 g/mol. The van der Waals surface area contributed by atoms with Crippen LogP contribution in [0.25, 0.3) is 22.2 Å². The number of aryl methyl sites for hydroxylation is 1. The van der Waals surface area contributed by atoms with Crippen LogP contribution in [0.3, 0.4) is 0 Å². The van der Waals surface area contributed by atoms with Gasteiger partial charge in [0.25, 0.3) is 5.91 Å². The molecule has 1 saturated heterocycles. The third-order valence-corrected chi connectivity index (χ3v) is 5.99. The van der Waals surface area contributed by atoms with Crippen molar-refractivity contribution in [3.05, 3.63) is 84.1 Å². The number of hydrogen-bond acceptors (Lipinski definition) is 3. The highest BCUT2D eigenvalue weighted by molar-refractivity contribution is 6.12. The van der Waals surface area contributed by atoms with Crippen LogP contribution >= 0.6 is 0 Å². The SMILES string of the molecule is Cc1ccc2[nH]c(-c3ccccc3)c(C(=O)N3CCCN(c4ccccn4)CC3)c2c1. The minimum Gasteiger partial charge on any atom is -0.355 e. The summed E-state index contributed by atoms with van der Waals surface area (Å²) in [7, 11) is 0. The van der Waals surface area contributed by atoms with Gasteiger partial charge in [0.05, 0.1) is 11.3 Å². The average molecular weight is 411 g/mol. The monoisotopic (exact) mass is 410 g/mol. The summed E-state index contributed by atoms with van der Waals surface area (Å²) >= 11 is 0. The molecule has 0 aliphatic carbocycles. The van der Waals surface area contributed by atoms with E-state index in [0.29, 0.717) is 6.54 Å². The molecule has 5 rings (SSSR count). The summed E-state index contributed by atoms with van der Waals surface area (Å²) in [6.07, 6.45) is 2.74. The van der Waals surface area contributed by atoms with Crippen LogP contribution in [0.1, 0.15) is 22.3 Å². The molecule has 1 aliphatic rings. The molecule has 1 aliphatic heterocycles. The Kier molecular flexibility index (Phi) is 5.16. The average Bonchev–Trinajstić information content (AvgIpc) is 3.00. The van der Waals surface area contributed by atoms with E-state index in [1.807, 2.05) is 47.5 Å². The number of pyridine rings is 1. The van der Waals surface area contributed by atoms with Crippen LogP contribution in [-0.2, 0) is 0 Å². The molecule has 2 aromatic carbocycles. The van der Waals surface area contributed by atoms with E-state index in [0.717, 1.165) is 65.2 Å². The van der Waals surface area contributed by atoms with Crippen LogP contribution in [0.15, 0.2) is 72.9 Å². The van der Waals surface area contributed by atoms with E-state index in [4.69, 9.17) is 0 Å². The molecule has 1 amide bonds. The highest BCUT2D eigenvalue weighted by Gasteiger charge is 2.26. The molecule has 1 N–H and O–H groups in total. The van der Waals surface area contributed by atoms with E-state index >= 15 is 0 Å². The fourth-order valence-electron chi connectivity index (χ4n) is 4.40. The molecule has 5 heteroatoms. The molecule has 0 spiro atoms. The highest BCUT2D eigenvalue weighted by Crippen LogP contribution is 2.32. The third kappa shape index (κ3) is 3.79. The molecule has 156 valence electrons. The molecule has 2 aromatic heterocycles. The molecular formula is C26H26N4O. The normalized spacial score (nSPS) is 14.6. The van der Waals surface area contributed by atoms with Crippen molar-refractivity contribution in [1.29, 1.82) is 0 Å². The molecule has 0 atom stereocenters. The highest BCUT2D eigenvalue weighted by atomic mass is 16.2. The summed E-state index contributed by atoms with van der Waals surface area (Å²) in [5.74, 6) is 1.07. The minimum absolute atomic E-state index is 0.0959. The second-order valence-corrected chi connectivity index (χ2v) is 8.11. The van der Waals surface area contributed by atoms with E-state index < -0.39 is 0 Å². The van der Waals surface area contributed by atoms with Gasteiger partial charge in [0.2, 0.25) is 0 Å². The lowest BCUT2D eigenvalue weighted by Crippen LogP contribution is -2.35. The van der Waals surface area contributed by atoms with Gasteiger partial charge >= 0.3 is 0 Å². The number of rotatable bonds is 3. The van der Waals surface area contributed by atoms with Gasteiger partial charge in [0, 0.05) is 43.3 Å². The number of carbonyl (C=O) groups is 1. The number of amides is 1. The van der Waals surface area contributed by atoms with Gasteiger partial charge < -0.3 is 14.8 Å². The third-order valence-electron chi connectivity index (χ3n) is 5.99. The second-order valence-electron chi connectivity index (χ2n) is 8.11. The first kappa shape index (κ1) is 19.4. The fraction of sp³-hybridized carbons (Fsp3) is 0.231. The molecule has 5 nitrogen and oxygen atoms in total. The van der Waals surface area contributed by atoms with Crippen molar-refractivity contribution in [1.82, 2.24) is 14.9 Å². The summed E-state index contributed by atoms with van der Waals surface area (Å²) in [6, 6.07) is 22.4. The summed E-state index contributed by atoms with van der Waals surface area (Å²) < 4.78 is 0. The van der Waals surface area contributed by atoms with Gasteiger partial charge in [-0.1, -0.05) is 48.0 Å². The van der Waals surface area contributed by atoms with Gasteiger partial charge in [-0.15, -0.1) is 0 Å². The minimum atomic E-state index is 0.0959. The van der Waals surface area contributed by atoms with Crippen molar-refractivity contribution in [3.63, 3.8) is 0 Å². The lowest BCUT2D eigenvalue weighted by molar-refractivity contribution is 0.0770. The summed E-state index contributed by atoms with van der Waals surface area (Å²) in [4.78, 5) is 26.1. The standard InChI is InChI=1S/C26H26N4O/c1-19-11-12-22-21(18-19)24(25(28-22)20-8-3-2-4-9-20)26(31)30-15-7-14-29(16-17-30)23-10-5-6-13-27-23/h2-6,8-13,18,28H,7,14-17H2,1H3. The smallest absolute Gasteiger partial charge is 0.256 e. The Bertz CT molecular complexity index is 1200. The Morgan fingerprint density at radius 2 is 1.77 bits per heavy atom. The molecule has 31 heavy (non-hydrogen) atoms. The Hall–Kier alpha value is -3.60. The molecule has 1 fully saturated rings. The van der Waals surface area contributed by atoms with E-state index in [1.54, 1.807) is 0 Å². The van der Waals surface area contributed by atoms with Gasteiger partial charge in [0.15, 0.2) is 0 Å². The maximum atomic E-state index is 13.8. The molecule has 0 bridgehead atoms. The maximum absolute atomic E-state index is 13.8. The molecule has 0 saturated carbocycles. The lowest BCUT2D eigenvalue weighted by Gasteiger charge is -2.23. The van der Waals surface area contributed by atoms with E-state index in [9.17, 15) is 4.79 Å². The predicted octanol–water partition coefficient (Wildman–Crippen LogP) is 4.89. The van der Waals surface area contributed by atoms with E-state index in [-0.39, 0.29) is 5.91 Å². The largest absolute Gasteiger partial charge is 0.355 e. The number of nitrogens with one attached hydrogen (secondary N) is 1. The molecule has 0 unspecified atom stereocenters. The zero-order chi connectivity index (χ0) is 21.2. The van der Waals surface area contributed by atoms with Gasteiger partial charge in [-0.05, 0) is 43.2 Å². The number of carbonyl (C=O) groups excluding carboxylic acids is 1. The van der Waals surface area contributed by atoms with Crippen molar-refractivity contribution in [2.24, 2.45) is 0 Å². The predicted molar refractivity (Wildman–Crippen MR) is 125 cm³/mol. The lowest BCUT2D eigenvalue weighted by atomic mass is 10.0. The summed E-state index contributed by atoms with van der Waals surface area (Å²) in [5, 5.41) is 0.995. The van der Waals surface area contributed by atoms with Gasteiger partial charge in [0.1, 0.15) is 5.82 Å². The number of nitrogens with zero attached hydrogens (tertiary/aromatic N) is 3. The zero-order valence-electron chi connectivity index (χ0n) is 17.7. The Morgan fingerprint density at radius 3 is 2.58 bits per heavy atom. The number of fused-ring (bicyclic) bond motifs is 1. The maximum Gasteiger partial charge on any atom is 0.256 e. The number of anilines is 1. The second kappa shape index (κ2) is 8.26. The van der Waals surface area contributed by atoms with Crippen LogP contribution in [0.5, 0.6) is 0 Å². The quantitative estimate of drug-likeness (QED) is 0.523. The van der Waals surface area contributed by atoms with Crippen molar-refractivity contribution >= 4 is 22.6 Å². The molecule has 3 heterocycles. The first-order valence-corrected chi connectivity index (χ1v) is 10.8. The molecule has 4 aromatic rings. The Labute approximate surface area is 182 Å². The van der Waals surface area contributed by atoms with Gasteiger partial charge in [-0.2, -0.15) is 0 Å². The first-order chi connectivity index (χ1) is 15.2. The summed E-state index contributed by atoms with van der Waals surface area (Å²) in [5.41, 5.74) is 4.85. The van der Waals surface area contributed by atoms with Crippen molar-refractivity contribution in [2.75, 3.05) is 31.1 Å². The fourth-order valence-corrected chi connectivity index (χ4v) is 4.40. The number of H-pyrrole nitrogens is 1. The first-order valence-electron chi connectivity index (χ1n) is 10.8. The van der Waals surface area contributed by atoms with Crippen LogP contribution in [-0.4, -0.2) is 47.0 Å². The number of hydrogen-bond donors (Lipinski definition) is 1. The number of aromatic amines is 1. The topological polar surface area (TPSA) is 52.2 Å². The molecule has 0 radical (unpaired) electrons. The zero-order valence-corrected chi connectivity index (χ0v) is 17.7.